The van der Waals surface area contributed by atoms with Gasteiger partial charge in [0.1, 0.15) is 18.0 Å². The van der Waals surface area contributed by atoms with Gasteiger partial charge in [-0.2, -0.15) is 0 Å². The van der Waals surface area contributed by atoms with Crippen molar-refractivity contribution < 1.29 is 13.9 Å². The minimum atomic E-state index is -1.14. The highest BCUT2D eigenvalue weighted by molar-refractivity contribution is 5.78. The van der Waals surface area contributed by atoms with Gasteiger partial charge in [0.2, 0.25) is 5.88 Å². The summed E-state index contributed by atoms with van der Waals surface area (Å²) in [6.45, 7) is 6.93. The first-order valence-electron chi connectivity index (χ1n) is 11.9. The third-order valence-electron chi connectivity index (χ3n) is 6.92. The Morgan fingerprint density at radius 1 is 1.18 bits per heavy atom. The van der Waals surface area contributed by atoms with Gasteiger partial charge in [0, 0.05) is 37.6 Å². The van der Waals surface area contributed by atoms with Crippen LogP contribution in [0.25, 0.3) is 11.0 Å². The number of methoxy groups -OCH3 is 1. The molecule has 1 aromatic carbocycles. The summed E-state index contributed by atoms with van der Waals surface area (Å²) in [5.74, 6) is 1.42. The van der Waals surface area contributed by atoms with Crippen LogP contribution >= 0.6 is 0 Å². The molecule has 2 aliphatic heterocycles. The molecule has 5 rings (SSSR count). The Bertz CT molecular complexity index is 1190. The predicted octanol–water partition coefficient (Wildman–Crippen LogP) is 4.94. The number of hydrogen-bond donors (Lipinski definition) is 1. The zero-order chi connectivity index (χ0) is 23.5. The minimum absolute atomic E-state index is 0.499. The van der Waals surface area contributed by atoms with Gasteiger partial charge in [-0.25, -0.2) is 9.37 Å². The molecule has 178 valence electrons. The van der Waals surface area contributed by atoms with Gasteiger partial charge in [0.15, 0.2) is 0 Å². The fraction of sp³-hybridized carbons (Fsp3) is 0.407. The molecule has 2 aromatic heterocycles. The van der Waals surface area contributed by atoms with Crippen LogP contribution < -0.4 is 14.8 Å². The fourth-order valence-electron chi connectivity index (χ4n) is 4.80. The van der Waals surface area contributed by atoms with Crippen molar-refractivity contribution in [3.8, 4) is 11.6 Å². The van der Waals surface area contributed by atoms with Crippen molar-refractivity contribution in [3.63, 3.8) is 0 Å². The number of pyridine rings is 2. The smallest absolute Gasteiger partial charge is 0.213 e. The number of alkyl halides is 1. The summed E-state index contributed by atoms with van der Waals surface area (Å²) in [6.07, 6.45) is 4.97. The lowest BCUT2D eigenvalue weighted by atomic mass is 9.87. The van der Waals surface area contributed by atoms with E-state index in [0.29, 0.717) is 38.2 Å². The van der Waals surface area contributed by atoms with Gasteiger partial charge in [-0.1, -0.05) is 12.6 Å². The lowest BCUT2D eigenvalue weighted by Gasteiger charge is -2.36. The molecule has 2 aliphatic rings. The van der Waals surface area contributed by atoms with E-state index in [-0.39, 0.29) is 0 Å². The Labute approximate surface area is 199 Å². The van der Waals surface area contributed by atoms with E-state index >= 15 is 4.39 Å². The fourth-order valence-corrected chi connectivity index (χ4v) is 4.80. The summed E-state index contributed by atoms with van der Waals surface area (Å²) in [7, 11) is 1.60. The van der Waals surface area contributed by atoms with Crippen LogP contribution in [0.5, 0.6) is 11.6 Å². The number of rotatable bonds is 7. The third kappa shape index (κ3) is 4.99. The highest BCUT2D eigenvalue weighted by Gasteiger charge is 2.34. The second kappa shape index (κ2) is 9.58. The maximum Gasteiger partial charge on any atom is 0.213 e. The van der Waals surface area contributed by atoms with Gasteiger partial charge in [0.05, 0.1) is 23.8 Å². The summed E-state index contributed by atoms with van der Waals surface area (Å²) < 4.78 is 26.6. The molecular formula is C27H31FN4O2. The summed E-state index contributed by atoms with van der Waals surface area (Å²) in [4.78, 5) is 11.3. The molecule has 1 saturated heterocycles. The Balaban J connectivity index is 1.14. The van der Waals surface area contributed by atoms with Crippen LogP contribution in [0.3, 0.4) is 0 Å². The minimum Gasteiger partial charge on any atom is -0.485 e. The molecule has 0 unspecified atom stereocenters. The van der Waals surface area contributed by atoms with Gasteiger partial charge in [0.25, 0.3) is 0 Å². The first kappa shape index (κ1) is 22.6. The molecule has 7 heteroatoms. The number of aryl methyl sites for hydroxylation is 1. The molecule has 3 aromatic rings. The molecule has 0 atom stereocenters. The second-order valence-electron chi connectivity index (χ2n) is 9.28. The topological polar surface area (TPSA) is 59.5 Å². The monoisotopic (exact) mass is 462 g/mol. The molecule has 0 aliphatic carbocycles. The molecule has 4 heterocycles. The Kier molecular flexibility index (Phi) is 6.37. The molecule has 1 fully saturated rings. The van der Waals surface area contributed by atoms with Crippen molar-refractivity contribution in [2.45, 2.75) is 37.8 Å². The van der Waals surface area contributed by atoms with E-state index in [1.165, 1.54) is 5.56 Å². The maximum absolute atomic E-state index is 15.6. The van der Waals surface area contributed by atoms with Gasteiger partial charge in [-0.05, 0) is 67.5 Å². The van der Waals surface area contributed by atoms with Crippen molar-refractivity contribution in [3.05, 3.63) is 66.0 Å². The molecule has 6 nitrogen and oxygen atoms in total. The van der Waals surface area contributed by atoms with E-state index < -0.39 is 5.67 Å². The Morgan fingerprint density at radius 2 is 2.03 bits per heavy atom. The molecule has 1 N–H and O–H groups in total. The quantitative estimate of drug-likeness (QED) is 0.537. The van der Waals surface area contributed by atoms with Gasteiger partial charge >= 0.3 is 0 Å². The van der Waals surface area contributed by atoms with Crippen LogP contribution in [-0.4, -0.2) is 53.9 Å². The van der Waals surface area contributed by atoms with Crippen molar-refractivity contribution in [2.75, 3.05) is 38.7 Å². The number of piperidine rings is 1. The molecular weight excluding hydrogens is 431 g/mol. The number of nitrogens with zero attached hydrogens (tertiary/aromatic N) is 3. The van der Waals surface area contributed by atoms with Crippen LogP contribution in [-0.2, 0) is 12.8 Å². The van der Waals surface area contributed by atoms with Crippen molar-refractivity contribution in [2.24, 2.45) is 0 Å². The lowest BCUT2D eigenvalue weighted by molar-refractivity contribution is 0.0517. The molecule has 34 heavy (non-hydrogen) atoms. The van der Waals surface area contributed by atoms with Crippen LogP contribution in [0.2, 0.25) is 0 Å². The number of nitrogens with one attached hydrogen (secondary N) is 1. The summed E-state index contributed by atoms with van der Waals surface area (Å²) >= 11 is 0. The number of aromatic nitrogens is 2. The maximum atomic E-state index is 15.6. The number of likely N-dealkylation sites (tertiary alicyclic amines) is 1. The normalized spacial score (nSPS) is 17.6. The van der Waals surface area contributed by atoms with Crippen molar-refractivity contribution in [1.82, 2.24) is 14.9 Å². The summed E-state index contributed by atoms with van der Waals surface area (Å²) in [5, 5.41) is 3.30. The molecule has 0 radical (unpaired) electrons. The van der Waals surface area contributed by atoms with Gasteiger partial charge in [-0.3, -0.25) is 4.98 Å². The van der Waals surface area contributed by atoms with E-state index in [9.17, 15) is 0 Å². The number of fused-ring (bicyclic) bond motifs is 2. The molecule has 0 bridgehead atoms. The Hall–Kier alpha value is -3.19. The van der Waals surface area contributed by atoms with Crippen molar-refractivity contribution >= 4 is 16.7 Å². The average Bonchev–Trinajstić information content (AvgIpc) is 2.86. The lowest BCUT2D eigenvalue weighted by Crippen LogP contribution is -2.42. The first-order valence-corrected chi connectivity index (χ1v) is 11.9. The van der Waals surface area contributed by atoms with Gasteiger partial charge in [-0.15, -0.1) is 0 Å². The number of anilines is 1. The van der Waals surface area contributed by atoms with E-state index in [0.717, 1.165) is 59.8 Å². The van der Waals surface area contributed by atoms with Crippen LogP contribution in [0.15, 0.2) is 54.9 Å². The van der Waals surface area contributed by atoms with E-state index in [1.54, 1.807) is 19.4 Å². The largest absolute Gasteiger partial charge is 0.485 e. The predicted molar refractivity (Wildman–Crippen MR) is 132 cm³/mol. The molecule has 0 spiro atoms. The van der Waals surface area contributed by atoms with Gasteiger partial charge < -0.3 is 19.7 Å². The zero-order valence-corrected chi connectivity index (χ0v) is 19.6. The average molecular weight is 463 g/mol. The first-order chi connectivity index (χ1) is 16.5. The highest BCUT2D eigenvalue weighted by Crippen LogP contribution is 2.33. The molecule has 0 amide bonds. The molecule has 0 saturated carbocycles. The van der Waals surface area contributed by atoms with Crippen LogP contribution in [0.4, 0.5) is 10.1 Å². The van der Waals surface area contributed by atoms with Crippen LogP contribution in [0, 0.1) is 0 Å². The number of halogens is 1. The van der Waals surface area contributed by atoms with E-state index in [4.69, 9.17) is 9.47 Å². The van der Waals surface area contributed by atoms with E-state index in [1.807, 2.05) is 18.2 Å². The number of ether oxygens (including phenoxy) is 2. The van der Waals surface area contributed by atoms with Crippen molar-refractivity contribution in [1.29, 1.82) is 0 Å². The standard InChI is InChI=1S/C27H31FN4O2/c1-19-18-34-24-5-3-20(17-23(24)30-19)9-14-32-15-11-27(28,12-16-32)10-7-21-8-13-29-22-4-6-25(33-2)31-26(21)22/h3-6,8,13,17,30H,1,7,9-12,14-16,18H2,2H3. The summed E-state index contributed by atoms with van der Waals surface area (Å²) in [5.41, 5.74) is 4.59. The zero-order valence-electron chi connectivity index (χ0n) is 19.6. The SMILES string of the molecule is C=C1COc2ccc(CCN3CCC(F)(CCc4ccnc5ccc(OC)nc45)CC3)cc2N1. The number of benzene rings is 1. The van der Waals surface area contributed by atoms with E-state index in [2.05, 4.69) is 38.9 Å². The van der Waals surface area contributed by atoms with Crippen LogP contribution in [0.1, 0.15) is 30.4 Å². The highest BCUT2D eigenvalue weighted by atomic mass is 19.1. The second-order valence-corrected chi connectivity index (χ2v) is 9.28. The summed E-state index contributed by atoms with van der Waals surface area (Å²) in [6, 6.07) is 11.9. The third-order valence-corrected chi connectivity index (χ3v) is 6.92. The number of hydrogen-bond acceptors (Lipinski definition) is 6. The Morgan fingerprint density at radius 3 is 2.85 bits per heavy atom.